The van der Waals surface area contributed by atoms with Gasteiger partial charge < -0.3 is 9.64 Å². The van der Waals surface area contributed by atoms with E-state index in [0.717, 1.165) is 18.1 Å². The average Bonchev–Trinajstić information content (AvgIpc) is 2.45. The van der Waals surface area contributed by atoms with Gasteiger partial charge in [0.1, 0.15) is 17.6 Å². The molecule has 5 nitrogen and oxygen atoms in total. The van der Waals surface area contributed by atoms with Crippen LogP contribution in [-0.2, 0) is 17.9 Å². The van der Waals surface area contributed by atoms with E-state index in [9.17, 15) is 0 Å². The van der Waals surface area contributed by atoms with E-state index in [1.54, 1.807) is 19.4 Å². The van der Waals surface area contributed by atoms with Crippen LogP contribution in [0.25, 0.3) is 0 Å². The molecule has 6 heteroatoms. The SMILES string of the molecule is CCN(Cc1ccccn1)c1cc(Cl)nc(COC)n1. The monoisotopic (exact) mass is 292 g/mol. The fourth-order valence-corrected chi connectivity index (χ4v) is 2.04. The van der Waals surface area contributed by atoms with Crippen LogP contribution in [0.1, 0.15) is 18.4 Å². The first-order valence-corrected chi connectivity index (χ1v) is 6.78. The summed E-state index contributed by atoms with van der Waals surface area (Å²) in [5, 5.41) is 0.418. The van der Waals surface area contributed by atoms with E-state index in [4.69, 9.17) is 16.3 Å². The molecule has 0 aromatic carbocycles. The molecular formula is C14H17ClN4O. The summed E-state index contributed by atoms with van der Waals surface area (Å²) in [6.45, 7) is 3.89. The smallest absolute Gasteiger partial charge is 0.158 e. The highest BCUT2D eigenvalue weighted by Gasteiger charge is 2.11. The molecule has 2 aromatic heterocycles. The number of aromatic nitrogens is 3. The van der Waals surface area contributed by atoms with Crippen molar-refractivity contribution in [3.05, 3.63) is 47.1 Å². The minimum absolute atomic E-state index is 0.342. The lowest BCUT2D eigenvalue weighted by atomic mass is 10.3. The van der Waals surface area contributed by atoms with Crippen molar-refractivity contribution in [3.8, 4) is 0 Å². The van der Waals surface area contributed by atoms with Crippen molar-refractivity contribution >= 4 is 17.4 Å². The predicted octanol–water partition coefficient (Wildman–Crippen LogP) is 2.70. The van der Waals surface area contributed by atoms with Gasteiger partial charge in [0.25, 0.3) is 0 Å². The number of hydrogen-bond donors (Lipinski definition) is 0. The Morgan fingerprint density at radius 1 is 1.30 bits per heavy atom. The summed E-state index contributed by atoms with van der Waals surface area (Å²) in [6.07, 6.45) is 1.78. The molecule has 0 fully saturated rings. The number of nitrogens with zero attached hydrogens (tertiary/aromatic N) is 4. The maximum absolute atomic E-state index is 6.04. The molecule has 0 unspecified atom stereocenters. The Hall–Kier alpha value is -1.72. The second-order valence-electron chi connectivity index (χ2n) is 4.23. The molecule has 0 N–H and O–H groups in total. The molecule has 0 saturated carbocycles. The topological polar surface area (TPSA) is 51.1 Å². The number of halogens is 1. The molecule has 0 aliphatic carbocycles. The molecule has 106 valence electrons. The first kappa shape index (κ1) is 14.7. The molecule has 2 rings (SSSR count). The van der Waals surface area contributed by atoms with Crippen molar-refractivity contribution in [2.24, 2.45) is 0 Å². The van der Waals surface area contributed by atoms with E-state index in [2.05, 4.69) is 26.8 Å². The summed E-state index contributed by atoms with van der Waals surface area (Å²) in [7, 11) is 1.61. The molecule has 0 radical (unpaired) electrons. The summed E-state index contributed by atoms with van der Waals surface area (Å²) in [6, 6.07) is 7.62. The highest BCUT2D eigenvalue weighted by atomic mass is 35.5. The Balaban J connectivity index is 2.22. The molecule has 0 amide bonds. The summed E-state index contributed by atoms with van der Waals surface area (Å²) >= 11 is 6.04. The first-order chi connectivity index (χ1) is 9.72. The predicted molar refractivity (Wildman–Crippen MR) is 78.7 cm³/mol. The van der Waals surface area contributed by atoms with Crippen LogP contribution in [0.15, 0.2) is 30.5 Å². The van der Waals surface area contributed by atoms with Crippen molar-refractivity contribution < 1.29 is 4.74 Å². The maximum atomic E-state index is 6.04. The van der Waals surface area contributed by atoms with Crippen molar-refractivity contribution in [2.45, 2.75) is 20.1 Å². The second kappa shape index (κ2) is 7.17. The van der Waals surface area contributed by atoms with E-state index >= 15 is 0 Å². The van der Waals surface area contributed by atoms with Gasteiger partial charge in [-0.3, -0.25) is 4.98 Å². The first-order valence-electron chi connectivity index (χ1n) is 6.40. The lowest BCUT2D eigenvalue weighted by Gasteiger charge is -2.22. The van der Waals surface area contributed by atoms with Gasteiger partial charge in [0.2, 0.25) is 0 Å². The van der Waals surface area contributed by atoms with Crippen LogP contribution in [0.4, 0.5) is 5.82 Å². The van der Waals surface area contributed by atoms with Gasteiger partial charge in [-0.15, -0.1) is 0 Å². The Morgan fingerprint density at radius 3 is 2.80 bits per heavy atom. The normalized spacial score (nSPS) is 10.6. The van der Waals surface area contributed by atoms with E-state index in [0.29, 0.717) is 24.1 Å². The van der Waals surface area contributed by atoms with Crippen LogP contribution in [0.2, 0.25) is 5.15 Å². The number of methoxy groups -OCH3 is 1. The summed E-state index contributed by atoms with van der Waals surface area (Å²) in [5.41, 5.74) is 0.984. The van der Waals surface area contributed by atoms with Crippen LogP contribution in [0.5, 0.6) is 0 Å². The van der Waals surface area contributed by atoms with Gasteiger partial charge >= 0.3 is 0 Å². The standard InChI is InChI=1S/C14H17ClN4O/c1-3-19(9-11-6-4-5-7-16-11)14-8-12(15)17-13(18-14)10-20-2/h4-8H,3,9-10H2,1-2H3. The highest BCUT2D eigenvalue weighted by Crippen LogP contribution is 2.18. The molecule has 0 atom stereocenters. The van der Waals surface area contributed by atoms with Gasteiger partial charge in [-0.05, 0) is 19.1 Å². The van der Waals surface area contributed by atoms with E-state index < -0.39 is 0 Å². The van der Waals surface area contributed by atoms with Crippen LogP contribution < -0.4 is 4.90 Å². The molecule has 0 aliphatic rings. The summed E-state index contributed by atoms with van der Waals surface area (Å²) < 4.78 is 5.06. The highest BCUT2D eigenvalue weighted by molar-refractivity contribution is 6.29. The van der Waals surface area contributed by atoms with Gasteiger partial charge in [-0.1, -0.05) is 17.7 Å². The lowest BCUT2D eigenvalue weighted by molar-refractivity contribution is 0.178. The zero-order valence-electron chi connectivity index (χ0n) is 11.6. The van der Waals surface area contributed by atoms with Crippen LogP contribution >= 0.6 is 11.6 Å². The molecule has 2 aromatic rings. The largest absolute Gasteiger partial charge is 0.377 e. The van der Waals surface area contributed by atoms with Crippen LogP contribution in [0, 0.1) is 0 Å². The second-order valence-corrected chi connectivity index (χ2v) is 4.62. The summed E-state index contributed by atoms with van der Waals surface area (Å²) in [4.78, 5) is 15.0. The Bertz CT molecular complexity index is 550. The molecule has 0 saturated heterocycles. The van der Waals surface area contributed by atoms with Gasteiger partial charge in [-0.2, -0.15) is 0 Å². The lowest BCUT2D eigenvalue weighted by Crippen LogP contribution is -2.24. The van der Waals surface area contributed by atoms with E-state index in [1.807, 2.05) is 18.2 Å². The zero-order valence-corrected chi connectivity index (χ0v) is 12.3. The average molecular weight is 293 g/mol. The van der Waals surface area contributed by atoms with Crippen molar-refractivity contribution in [3.63, 3.8) is 0 Å². The third kappa shape index (κ3) is 3.88. The molecule has 2 heterocycles. The van der Waals surface area contributed by atoms with Gasteiger partial charge in [0.05, 0.1) is 12.2 Å². The number of pyridine rings is 1. The Labute approximate surface area is 123 Å². The van der Waals surface area contributed by atoms with Gasteiger partial charge in [0, 0.05) is 25.9 Å². The fourth-order valence-electron chi connectivity index (χ4n) is 1.85. The molecule has 20 heavy (non-hydrogen) atoms. The van der Waals surface area contributed by atoms with E-state index in [-0.39, 0.29) is 0 Å². The minimum Gasteiger partial charge on any atom is -0.377 e. The van der Waals surface area contributed by atoms with Crippen LogP contribution in [0.3, 0.4) is 0 Å². The van der Waals surface area contributed by atoms with Crippen molar-refractivity contribution in [2.75, 3.05) is 18.6 Å². The number of anilines is 1. The minimum atomic E-state index is 0.342. The van der Waals surface area contributed by atoms with Crippen molar-refractivity contribution in [1.82, 2.24) is 15.0 Å². The fraction of sp³-hybridized carbons (Fsp3) is 0.357. The Morgan fingerprint density at radius 2 is 2.15 bits per heavy atom. The third-order valence-corrected chi connectivity index (χ3v) is 2.98. The molecule has 0 spiro atoms. The number of ether oxygens (including phenoxy) is 1. The summed E-state index contributed by atoms with van der Waals surface area (Å²) in [5.74, 6) is 1.36. The number of hydrogen-bond acceptors (Lipinski definition) is 5. The van der Waals surface area contributed by atoms with Crippen LogP contribution in [-0.4, -0.2) is 28.6 Å². The van der Waals surface area contributed by atoms with Gasteiger partial charge in [0.15, 0.2) is 5.82 Å². The molecular weight excluding hydrogens is 276 g/mol. The molecule has 0 bridgehead atoms. The van der Waals surface area contributed by atoms with Crippen molar-refractivity contribution in [1.29, 1.82) is 0 Å². The quantitative estimate of drug-likeness (QED) is 0.766. The Kier molecular flexibility index (Phi) is 5.26. The van der Waals surface area contributed by atoms with Gasteiger partial charge in [-0.25, -0.2) is 9.97 Å². The maximum Gasteiger partial charge on any atom is 0.158 e. The molecule has 0 aliphatic heterocycles. The number of rotatable bonds is 6. The zero-order chi connectivity index (χ0) is 14.4. The third-order valence-electron chi connectivity index (χ3n) is 2.79. The van der Waals surface area contributed by atoms with E-state index in [1.165, 1.54) is 0 Å².